The normalized spacial score (nSPS) is 11.2. The molecule has 0 aliphatic carbocycles. The average molecular weight is 520 g/mol. The number of aliphatic imine (C=N–C) groups is 1. The molecule has 0 saturated heterocycles. The number of aromatic nitrogens is 3. The van der Waals surface area contributed by atoms with E-state index in [9.17, 15) is 0 Å². The summed E-state index contributed by atoms with van der Waals surface area (Å²) >= 11 is 0. The van der Waals surface area contributed by atoms with Crippen LogP contribution in [-0.4, -0.2) is 26.8 Å². The second kappa shape index (κ2) is 11.5. The van der Waals surface area contributed by atoms with Crippen LogP contribution < -0.4 is 15.4 Å². The first kappa shape index (κ1) is 23.7. The minimum atomic E-state index is 0. The molecule has 3 aromatic rings. The summed E-state index contributed by atoms with van der Waals surface area (Å²) in [5.74, 6) is 2.35. The van der Waals surface area contributed by atoms with E-state index in [1.54, 1.807) is 6.33 Å². The molecule has 0 unspecified atom stereocenters. The van der Waals surface area contributed by atoms with Crippen molar-refractivity contribution in [1.82, 2.24) is 20.1 Å². The van der Waals surface area contributed by atoms with Gasteiger partial charge in [0, 0.05) is 12.7 Å². The van der Waals surface area contributed by atoms with E-state index in [4.69, 9.17) is 9.73 Å². The van der Waals surface area contributed by atoms with Crippen LogP contribution in [0, 0.1) is 6.92 Å². The third kappa shape index (κ3) is 7.01. The highest BCUT2D eigenvalue weighted by Crippen LogP contribution is 2.17. The third-order valence-electron chi connectivity index (χ3n) is 4.38. The van der Waals surface area contributed by atoms with Crippen LogP contribution in [0.15, 0.2) is 59.9 Å². The topological polar surface area (TPSA) is 76.4 Å². The molecular weight excluding hydrogens is 491 g/mol. The third-order valence-corrected chi connectivity index (χ3v) is 4.38. The number of nitrogens with zero attached hydrogens (tertiary/aromatic N) is 4. The fourth-order valence-corrected chi connectivity index (χ4v) is 2.75. The molecular formula is C22H29IN6O. The molecule has 0 radical (unpaired) electrons. The van der Waals surface area contributed by atoms with Crippen molar-refractivity contribution in [3.05, 3.63) is 71.8 Å². The van der Waals surface area contributed by atoms with E-state index in [2.05, 4.69) is 39.9 Å². The van der Waals surface area contributed by atoms with E-state index >= 15 is 0 Å². The quantitative estimate of drug-likeness (QED) is 0.276. The Morgan fingerprint density at radius 2 is 1.87 bits per heavy atom. The second-order valence-corrected chi connectivity index (χ2v) is 7.12. The number of halogens is 1. The van der Waals surface area contributed by atoms with Crippen LogP contribution in [0.1, 0.15) is 30.8 Å². The molecule has 0 spiro atoms. The lowest BCUT2D eigenvalue weighted by molar-refractivity contribution is 0.242. The Labute approximate surface area is 195 Å². The van der Waals surface area contributed by atoms with Crippen LogP contribution in [0.25, 0.3) is 0 Å². The Morgan fingerprint density at radius 3 is 2.50 bits per heavy atom. The number of hydrogen-bond donors (Lipinski definition) is 2. The summed E-state index contributed by atoms with van der Waals surface area (Å²) in [5, 5.41) is 14.7. The molecule has 2 aromatic carbocycles. The Bertz CT molecular complexity index is 952. The lowest BCUT2D eigenvalue weighted by Gasteiger charge is -2.14. The molecule has 0 bridgehead atoms. The van der Waals surface area contributed by atoms with Crippen molar-refractivity contribution < 1.29 is 4.74 Å². The number of rotatable bonds is 7. The molecule has 7 nitrogen and oxygen atoms in total. The lowest BCUT2D eigenvalue weighted by atomic mass is 10.1. The maximum Gasteiger partial charge on any atom is 0.196 e. The van der Waals surface area contributed by atoms with Gasteiger partial charge in [0.1, 0.15) is 12.1 Å². The fraction of sp³-hybridized carbons (Fsp3) is 0.318. The zero-order valence-electron chi connectivity index (χ0n) is 17.8. The molecule has 160 valence electrons. The number of anilines is 1. The van der Waals surface area contributed by atoms with Crippen LogP contribution in [0.5, 0.6) is 5.75 Å². The van der Waals surface area contributed by atoms with E-state index < -0.39 is 0 Å². The van der Waals surface area contributed by atoms with Crippen molar-refractivity contribution in [2.24, 2.45) is 12.0 Å². The van der Waals surface area contributed by atoms with Gasteiger partial charge in [0.2, 0.25) is 0 Å². The van der Waals surface area contributed by atoms with Gasteiger partial charge in [-0.3, -0.25) is 0 Å². The summed E-state index contributed by atoms with van der Waals surface area (Å²) in [6.45, 7) is 7.22. The van der Waals surface area contributed by atoms with Gasteiger partial charge in [-0.15, -0.1) is 34.2 Å². The van der Waals surface area contributed by atoms with E-state index in [1.165, 1.54) is 11.1 Å². The number of nitrogens with one attached hydrogen (secondary N) is 2. The summed E-state index contributed by atoms with van der Waals surface area (Å²) in [6.07, 6.45) is 1.83. The molecule has 0 saturated carbocycles. The molecule has 0 atom stereocenters. The van der Waals surface area contributed by atoms with Crippen LogP contribution in [-0.2, 0) is 20.1 Å². The van der Waals surface area contributed by atoms with Crippen molar-refractivity contribution in [3.63, 3.8) is 0 Å². The number of aryl methyl sites for hydroxylation is 2. The van der Waals surface area contributed by atoms with E-state index in [0.717, 1.165) is 17.3 Å². The number of ether oxygens (including phenoxy) is 1. The summed E-state index contributed by atoms with van der Waals surface area (Å²) in [6, 6.07) is 16.1. The smallest absolute Gasteiger partial charge is 0.196 e. The van der Waals surface area contributed by atoms with Gasteiger partial charge in [-0.25, -0.2) is 4.99 Å². The molecule has 3 rings (SSSR count). The maximum atomic E-state index is 5.71. The molecule has 0 aliphatic rings. The fourth-order valence-electron chi connectivity index (χ4n) is 2.75. The first-order valence-electron chi connectivity index (χ1n) is 9.70. The zero-order chi connectivity index (χ0) is 20.6. The van der Waals surface area contributed by atoms with Crippen molar-refractivity contribution in [2.75, 3.05) is 5.32 Å². The monoisotopic (exact) mass is 520 g/mol. The summed E-state index contributed by atoms with van der Waals surface area (Å²) in [7, 11) is 1.92. The van der Waals surface area contributed by atoms with Crippen LogP contribution >= 0.6 is 24.0 Å². The predicted octanol–water partition coefficient (Wildman–Crippen LogP) is 4.29. The first-order valence-corrected chi connectivity index (χ1v) is 9.70. The van der Waals surface area contributed by atoms with Gasteiger partial charge in [-0.1, -0.05) is 24.3 Å². The first-order chi connectivity index (χ1) is 14.0. The van der Waals surface area contributed by atoms with Gasteiger partial charge in [0.25, 0.3) is 0 Å². The van der Waals surface area contributed by atoms with Crippen molar-refractivity contribution in [2.45, 2.75) is 40.0 Å². The molecule has 30 heavy (non-hydrogen) atoms. The number of hydrogen-bond acceptors (Lipinski definition) is 4. The van der Waals surface area contributed by atoms with E-state index in [0.29, 0.717) is 19.0 Å². The van der Waals surface area contributed by atoms with Gasteiger partial charge in [-0.05, 0) is 56.2 Å². The van der Waals surface area contributed by atoms with Crippen LogP contribution in [0.2, 0.25) is 0 Å². The Hall–Kier alpha value is -2.62. The Balaban J connectivity index is 0.00000320. The number of guanidine groups is 1. The standard InChI is InChI=1S/C22H28N6O.HI/c1-16(2)29-20-11-9-19(10-12-20)26-22(24-14-21-27-25-15-28(21)4)23-13-18-8-6-5-7-17(18)3;/h5-12,15-16H,13-14H2,1-4H3,(H2,23,24,26);1H. The minimum Gasteiger partial charge on any atom is -0.491 e. The molecule has 1 heterocycles. The van der Waals surface area contributed by atoms with Crippen LogP contribution in [0.3, 0.4) is 0 Å². The van der Waals surface area contributed by atoms with Crippen molar-refractivity contribution >= 4 is 35.6 Å². The van der Waals surface area contributed by atoms with Gasteiger partial charge in [0.15, 0.2) is 11.8 Å². The van der Waals surface area contributed by atoms with Crippen LogP contribution in [0.4, 0.5) is 5.69 Å². The Kier molecular flexibility index (Phi) is 9.10. The second-order valence-electron chi connectivity index (χ2n) is 7.12. The highest BCUT2D eigenvalue weighted by molar-refractivity contribution is 14.0. The molecule has 0 amide bonds. The Morgan fingerprint density at radius 1 is 1.13 bits per heavy atom. The van der Waals surface area contributed by atoms with Gasteiger partial charge >= 0.3 is 0 Å². The van der Waals surface area contributed by atoms with E-state index in [-0.39, 0.29) is 30.1 Å². The highest BCUT2D eigenvalue weighted by atomic mass is 127. The lowest BCUT2D eigenvalue weighted by Crippen LogP contribution is -2.31. The summed E-state index contributed by atoms with van der Waals surface area (Å²) in [5.41, 5.74) is 3.34. The SMILES string of the molecule is Cc1ccccc1CN=C(NCc1nncn1C)Nc1ccc(OC(C)C)cc1.I. The molecule has 8 heteroatoms. The summed E-state index contributed by atoms with van der Waals surface area (Å²) in [4.78, 5) is 4.76. The molecule has 1 aromatic heterocycles. The maximum absolute atomic E-state index is 5.71. The highest BCUT2D eigenvalue weighted by Gasteiger charge is 2.06. The largest absolute Gasteiger partial charge is 0.491 e. The molecule has 0 fully saturated rings. The van der Waals surface area contributed by atoms with Gasteiger partial charge < -0.3 is 19.9 Å². The number of benzene rings is 2. The van der Waals surface area contributed by atoms with Gasteiger partial charge in [0.05, 0.1) is 19.2 Å². The predicted molar refractivity (Wildman–Crippen MR) is 131 cm³/mol. The van der Waals surface area contributed by atoms with E-state index in [1.807, 2.05) is 61.9 Å². The van der Waals surface area contributed by atoms with Crippen molar-refractivity contribution in [1.29, 1.82) is 0 Å². The average Bonchev–Trinajstić information content (AvgIpc) is 3.11. The molecule has 0 aliphatic heterocycles. The zero-order valence-corrected chi connectivity index (χ0v) is 20.1. The minimum absolute atomic E-state index is 0. The van der Waals surface area contributed by atoms with Gasteiger partial charge in [-0.2, -0.15) is 0 Å². The molecule has 2 N–H and O–H groups in total. The summed E-state index contributed by atoms with van der Waals surface area (Å²) < 4.78 is 7.59. The van der Waals surface area contributed by atoms with Crippen molar-refractivity contribution in [3.8, 4) is 5.75 Å².